The van der Waals surface area contributed by atoms with Crippen molar-refractivity contribution in [2.24, 2.45) is 0 Å². The maximum Gasteiger partial charge on any atom is 0.0161 e. The monoisotopic (exact) mass is 275 g/mol. The normalized spacial score (nSPS) is 14.0. The average molecular weight is 275 g/mol. The molecule has 0 heterocycles. The van der Waals surface area contributed by atoms with Crippen molar-refractivity contribution in [2.75, 3.05) is 0 Å². The van der Waals surface area contributed by atoms with E-state index in [1.54, 1.807) is 0 Å². The van der Waals surface area contributed by atoms with Gasteiger partial charge in [-0.25, -0.2) is 0 Å². The van der Waals surface area contributed by atoms with Crippen LogP contribution >= 0.6 is 0 Å². The van der Waals surface area contributed by atoms with Crippen LogP contribution in [0.5, 0.6) is 0 Å². The zero-order valence-corrected chi connectivity index (χ0v) is 13.6. The summed E-state index contributed by atoms with van der Waals surface area (Å²) in [6.07, 6.45) is 4.62. The third-order valence-corrected chi connectivity index (χ3v) is 4.28. The molecule has 0 amide bonds. The Hall–Kier alpha value is -1.82. The zero-order chi connectivity index (χ0) is 15.2. The topological polar surface area (TPSA) is 0 Å². The maximum atomic E-state index is 2.38. The van der Waals surface area contributed by atoms with E-state index in [9.17, 15) is 0 Å². The quantitative estimate of drug-likeness (QED) is 0.605. The number of fused-ring (bicyclic) bond motifs is 1. The molecule has 0 heteroatoms. The lowest BCUT2D eigenvalue weighted by molar-refractivity contribution is 0.586. The van der Waals surface area contributed by atoms with Gasteiger partial charge in [0.1, 0.15) is 0 Å². The van der Waals surface area contributed by atoms with E-state index >= 15 is 0 Å². The first-order valence-electron chi connectivity index (χ1n) is 7.64. The van der Waals surface area contributed by atoms with Gasteiger partial charge in [0.2, 0.25) is 0 Å². The van der Waals surface area contributed by atoms with E-state index in [4.69, 9.17) is 0 Å². The maximum absolute atomic E-state index is 2.38. The summed E-state index contributed by atoms with van der Waals surface area (Å²) in [6, 6.07) is 13.2. The molecular weight excluding hydrogens is 252 g/mol. The third-order valence-electron chi connectivity index (χ3n) is 4.28. The fourth-order valence-electron chi connectivity index (χ4n) is 3.37. The predicted molar refractivity (Wildman–Crippen MR) is 92.4 cm³/mol. The minimum Gasteiger partial charge on any atom is -0.0642 e. The van der Waals surface area contributed by atoms with Crippen LogP contribution in [0.3, 0.4) is 0 Å². The Morgan fingerprint density at radius 2 is 1.57 bits per heavy atom. The van der Waals surface area contributed by atoms with Crippen LogP contribution < -0.4 is 0 Å². The Balaban J connectivity index is 2.34. The minimum absolute atomic E-state index is 0.160. The molecule has 0 spiro atoms. The second-order valence-corrected chi connectivity index (χ2v) is 7.08. The van der Waals surface area contributed by atoms with Crippen LogP contribution in [0.1, 0.15) is 49.9 Å². The number of hydrogen-bond donors (Lipinski definition) is 0. The van der Waals surface area contributed by atoms with Crippen molar-refractivity contribution in [3.05, 3.63) is 70.6 Å². The molecule has 1 aliphatic carbocycles. The first-order valence-corrected chi connectivity index (χ1v) is 7.64. The molecule has 107 valence electrons. The van der Waals surface area contributed by atoms with Crippen molar-refractivity contribution in [2.45, 2.75) is 40.0 Å². The van der Waals surface area contributed by atoms with Crippen molar-refractivity contribution >= 4 is 6.08 Å². The molecule has 2 aromatic carbocycles. The summed E-state index contributed by atoms with van der Waals surface area (Å²) in [5.41, 5.74) is 9.81. The Morgan fingerprint density at radius 3 is 2.19 bits per heavy atom. The summed E-state index contributed by atoms with van der Waals surface area (Å²) in [6.45, 7) is 11.3. The number of benzene rings is 2. The van der Waals surface area contributed by atoms with Gasteiger partial charge in [0.15, 0.2) is 0 Å². The van der Waals surface area contributed by atoms with Gasteiger partial charge in [-0.1, -0.05) is 68.8 Å². The number of hydrogen-bond acceptors (Lipinski definition) is 0. The Morgan fingerprint density at radius 1 is 0.905 bits per heavy atom. The SMILES string of the molecule is CC1=Cc2c(cc(C(C)(C)C)c(C)c2-c2ccccc2)[CH]1. The highest BCUT2D eigenvalue weighted by Crippen LogP contribution is 2.41. The van der Waals surface area contributed by atoms with Gasteiger partial charge in [-0.05, 0) is 52.6 Å². The summed E-state index contributed by atoms with van der Waals surface area (Å²) in [7, 11) is 0. The zero-order valence-electron chi connectivity index (χ0n) is 13.6. The summed E-state index contributed by atoms with van der Waals surface area (Å²) in [5.74, 6) is 0. The molecule has 0 fully saturated rings. The van der Waals surface area contributed by atoms with E-state index in [1.165, 1.54) is 39.0 Å². The fraction of sp³-hybridized carbons (Fsp3) is 0.286. The van der Waals surface area contributed by atoms with Gasteiger partial charge in [-0.2, -0.15) is 0 Å². The molecule has 21 heavy (non-hydrogen) atoms. The molecule has 0 unspecified atom stereocenters. The van der Waals surface area contributed by atoms with Crippen molar-refractivity contribution in [3.8, 4) is 11.1 Å². The second kappa shape index (κ2) is 4.87. The molecule has 0 saturated carbocycles. The van der Waals surface area contributed by atoms with Gasteiger partial charge < -0.3 is 0 Å². The highest BCUT2D eigenvalue weighted by atomic mass is 14.3. The average Bonchev–Trinajstić information content (AvgIpc) is 2.78. The molecule has 0 bridgehead atoms. The lowest BCUT2D eigenvalue weighted by Crippen LogP contribution is -2.14. The molecule has 0 N–H and O–H groups in total. The fourth-order valence-corrected chi connectivity index (χ4v) is 3.37. The second-order valence-electron chi connectivity index (χ2n) is 7.08. The van der Waals surface area contributed by atoms with Crippen LogP contribution in [0, 0.1) is 13.3 Å². The van der Waals surface area contributed by atoms with Gasteiger partial charge in [0.25, 0.3) is 0 Å². The highest BCUT2D eigenvalue weighted by Gasteiger charge is 2.24. The molecule has 0 atom stereocenters. The Bertz CT molecular complexity index is 710. The van der Waals surface area contributed by atoms with Crippen LogP contribution in [-0.4, -0.2) is 0 Å². The molecule has 3 rings (SSSR count). The summed E-state index contributed by atoms with van der Waals surface area (Å²) in [4.78, 5) is 0. The summed E-state index contributed by atoms with van der Waals surface area (Å²) in [5, 5.41) is 0. The molecular formula is C21H23. The van der Waals surface area contributed by atoms with Crippen molar-refractivity contribution < 1.29 is 0 Å². The van der Waals surface area contributed by atoms with E-state index in [1.807, 2.05) is 0 Å². The minimum atomic E-state index is 0.160. The third kappa shape index (κ3) is 2.44. The highest BCUT2D eigenvalue weighted by molar-refractivity contribution is 5.86. The Labute approximate surface area is 128 Å². The van der Waals surface area contributed by atoms with Crippen molar-refractivity contribution in [1.82, 2.24) is 0 Å². The number of allylic oxidation sites excluding steroid dienone is 1. The van der Waals surface area contributed by atoms with Gasteiger partial charge >= 0.3 is 0 Å². The first kappa shape index (κ1) is 14.1. The molecule has 2 aromatic rings. The predicted octanol–water partition coefficient (Wildman–Crippen LogP) is 5.93. The summed E-state index contributed by atoms with van der Waals surface area (Å²) >= 11 is 0. The number of rotatable bonds is 1. The van der Waals surface area contributed by atoms with Crippen LogP contribution in [0.15, 0.2) is 42.0 Å². The lowest BCUT2D eigenvalue weighted by atomic mass is 9.79. The standard InChI is InChI=1S/C21H23/c1-14-11-17-13-19(21(3,4)5)15(2)20(18(17)12-14)16-9-7-6-8-10-16/h6-13H,1-5H3. The van der Waals surface area contributed by atoms with Gasteiger partial charge in [0, 0.05) is 6.42 Å². The van der Waals surface area contributed by atoms with Crippen molar-refractivity contribution in [1.29, 1.82) is 0 Å². The van der Waals surface area contributed by atoms with Gasteiger partial charge in [-0.15, -0.1) is 0 Å². The van der Waals surface area contributed by atoms with Gasteiger partial charge in [-0.3, -0.25) is 0 Å². The molecule has 1 radical (unpaired) electrons. The van der Waals surface area contributed by atoms with Crippen LogP contribution in [-0.2, 0) is 5.41 Å². The molecule has 1 aliphatic rings. The van der Waals surface area contributed by atoms with E-state index in [0.29, 0.717) is 0 Å². The van der Waals surface area contributed by atoms with Crippen LogP contribution in [0.25, 0.3) is 17.2 Å². The molecule has 0 saturated heterocycles. The van der Waals surface area contributed by atoms with Gasteiger partial charge in [0.05, 0.1) is 0 Å². The van der Waals surface area contributed by atoms with Crippen LogP contribution in [0.2, 0.25) is 0 Å². The first-order chi connectivity index (χ1) is 9.88. The van der Waals surface area contributed by atoms with E-state index in [-0.39, 0.29) is 5.41 Å². The molecule has 0 aromatic heterocycles. The lowest BCUT2D eigenvalue weighted by Gasteiger charge is -2.26. The van der Waals surface area contributed by atoms with E-state index in [2.05, 4.69) is 83.5 Å². The Kier molecular flexibility index (Phi) is 3.28. The molecule has 0 aliphatic heterocycles. The van der Waals surface area contributed by atoms with E-state index in [0.717, 1.165) is 0 Å². The summed E-state index contributed by atoms with van der Waals surface area (Å²) < 4.78 is 0. The van der Waals surface area contributed by atoms with E-state index < -0.39 is 0 Å². The largest absolute Gasteiger partial charge is 0.0642 e. The van der Waals surface area contributed by atoms with Crippen LogP contribution in [0.4, 0.5) is 0 Å². The van der Waals surface area contributed by atoms with Crippen molar-refractivity contribution in [3.63, 3.8) is 0 Å². The molecule has 0 nitrogen and oxygen atoms in total. The smallest absolute Gasteiger partial charge is 0.0161 e.